The zero-order valence-electron chi connectivity index (χ0n) is 12.7. The van der Waals surface area contributed by atoms with E-state index >= 15 is 0 Å². The Morgan fingerprint density at radius 3 is 2.54 bits per heavy atom. The molecule has 2 aromatic rings. The third-order valence-corrected chi connectivity index (χ3v) is 4.23. The van der Waals surface area contributed by atoms with Crippen LogP contribution in [0.1, 0.15) is 5.56 Å². The molecule has 2 aromatic carbocycles. The Kier molecular flexibility index (Phi) is 5.54. The predicted octanol–water partition coefficient (Wildman–Crippen LogP) is 3.10. The van der Waals surface area contributed by atoms with Crippen LogP contribution in [0, 0.1) is 10.1 Å². The lowest BCUT2D eigenvalue weighted by atomic mass is 10.2. The van der Waals surface area contributed by atoms with Crippen LogP contribution >= 0.6 is 0 Å². The number of rotatable bonds is 8. The van der Waals surface area contributed by atoms with Crippen LogP contribution in [0.15, 0.2) is 61.2 Å². The van der Waals surface area contributed by atoms with E-state index in [9.17, 15) is 18.5 Å². The van der Waals surface area contributed by atoms with Gasteiger partial charge in [0, 0.05) is 17.8 Å². The van der Waals surface area contributed by atoms with Crippen LogP contribution in [-0.2, 0) is 15.8 Å². The molecule has 0 amide bonds. The van der Waals surface area contributed by atoms with Crippen molar-refractivity contribution in [2.45, 2.75) is 5.75 Å². The Labute approximate surface area is 139 Å². The predicted molar refractivity (Wildman–Crippen MR) is 91.5 cm³/mol. The van der Waals surface area contributed by atoms with Gasteiger partial charge in [-0.25, -0.2) is 8.42 Å². The minimum atomic E-state index is -3.69. The number of nitro benzene ring substituents is 1. The van der Waals surface area contributed by atoms with Crippen molar-refractivity contribution >= 4 is 21.4 Å². The third-order valence-electron chi connectivity index (χ3n) is 2.97. The maximum absolute atomic E-state index is 12.2. The first-order valence-electron chi connectivity index (χ1n) is 6.97. The number of nitro groups is 1. The molecule has 0 atom stereocenters. The first kappa shape index (κ1) is 17.5. The molecule has 0 spiro atoms. The molecular weight excluding hydrogens is 332 g/mol. The van der Waals surface area contributed by atoms with Gasteiger partial charge in [-0.2, -0.15) is 0 Å². The molecule has 0 bridgehead atoms. The molecule has 1 N–H and O–H groups in total. The van der Waals surface area contributed by atoms with Crippen LogP contribution in [0.3, 0.4) is 0 Å². The molecule has 24 heavy (non-hydrogen) atoms. The Bertz CT molecular complexity index is 832. The van der Waals surface area contributed by atoms with Crippen molar-refractivity contribution in [1.82, 2.24) is 0 Å². The number of benzene rings is 2. The van der Waals surface area contributed by atoms with Crippen molar-refractivity contribution in [3.63, 3.8) is 0 Å². The molecule has 0 heterocycles. The summed E-state index contributed by atoms with van der Waals surface area (Å²) in [6.07, 6.45) is 1.61. The summed E-state index contributed by atoms with van der Waals surface area (Å²) in [6, 6.07) is 11.9. The zero-order valence-corrected chi connectivity index (χ0v) is 13.5. The number of sulfonamides is 1. The number of nitrogens with one attached hydrogen (secondary N) is 1. The Hall–Kier alpha value is -2.87. The van der Waals surface area contributed by atoms with Gasteiger partial charge in [0.05, 0.1) is 10.7 Å². The molecule has 0 radical (unpaired) electrons. The molecule has 0 aliphatic heterocycles. The molecule has 0 unspecified atom stereocenters. The van der Waals surface area contributed by atoms with Gasteiger partial charge in [0.2, 0.25) is 10.0 Å². The number of hydrogen-bond acceptors (Lipinski definition) is 5. The molecule has 2 rings (SSSR count). The number of anilines is 1. The third kappa shape index (κ3) is 5.10. The summed E-state index contributed by atoms with van der Waals surface area (Å²) in [7, 11) is -3.69. The topological polar surface area (TPSA) is 98.5 Å². The second kappa shape index (κ2) is 7.60. The molecule has 0 saturated heterocycles. The van der Waals surface area contributed by atoms with E-state index in [-0.39, 0.29) is 11.4 Å². The first-order chi connectivity index (χ1) is 11.4. The van der Waals surface area contributed by atoms with Crippen molar-refractivity contribution in [3.8, 4) is 5.75 Å². The highest BCUT2D eigenvalue weighted by atomic mass is 32.2. The lowest BCUT2D eigenvalue weighted by Crippen LogP contribution is -2.15. The Morgan fingerprint density at radius 2 is 1.92 bits per heavy atom. The van der Waals surface area contributed by atoms with Crippen molar-refractivity contribution in [3.05, 3.63) is 76.9 Å². The fraction of sp³-hybridized carbons (Fsp3) is 0.125. The molecule has 0 aliphatic rings. The van der Waals surface area contributed by atoms with E-state index < -0.39 is 14.9 Å². The minimum absolute atomic E-state index is 0.147. The molecule has 126 valence electrons. The van der Waals surface area contributed by atoms with Crippen molar-refractivity contribution in [1.29, 1.82) is 0 Å². The maximum atomic E-state index is 12.2. The van der Waals surface area contributed by atoms with Gasteiger partial charge in [0.25, 0.3) is 5.69 Å². The second-order valence-corrected chi connectivity index (χ2v) is 6.63. The number of hydrogen-bond donors (Lipinski definition) is 1. The average Bonchev–Trinajstić information content (AvgIpc) is 2.53. The van der Waals surface area contributed by atoms with Gasteiger partial charge in [-0.15, -0.1) is 0 Å². The fourth-order valence-corrected chi connectivity index (χ4v) is 3.15. The van der Waals surface area contributed by atoms with Crippen LogP contribution in [0.25, 0.3) is 0 Å². The normalized spacial score (nSPS) is 10.8. The van der Waals surface area contributed by atoms with Gasteiger partial charge >= 0.3 is 0 Å². The van der Waals surface area contributed by atoms with E-state index in [1.54, 1.807) is 30.3 Å². The van der Waals surface area contributed by atoms with E-state index in [2.05, 4.69) is 11.3 Å². The van der Waals surface area contributed by atoms with Gasteiger partial charge in [0.1, 0.15) is 12.4 Å². The van der Waals surface area contributed by atoms with E-state index in [0.717, 1.165) is 0 Å². The van der Waals surface area contributed by atoms with Crippen LogP contribution < -0.4 is 9.46 Å². The number of nitrogens with zero attached hydrogens (tertiary/aromatic N) is 1. The summed E-state index contributed by atoms with van der Waals surface area (Å²) in [5.74, 6) is 0.236. The number of non-ortho nitro benzene ring substituents is 1. The lowest BCUT2D eigenvalue weighted by Gasteiger charge is -2.09. The average molecular weight is 348 g/mol. The van der Waals surface area contributed by atoms with Crippen LogP contribution in [0.2, 0.25) is 0 Å². The molecule has 0 aliphatic carbocycles. The van der Waals surface area contributed by atoms with Crippen LogP contribution in [-0.4, -0.2) is 19.9 Å². The van der Waals surface area contributed by atoms with Crippen molar-refractivity contribution in [2.75, 3.05) is 11.3 Å². The van der Waals surface area contributed by atoms with Gasteiger partial charge in [-0.3, -0.25) is 14.8 Å². The van der Waals surface area contributed by atoms with Crippen LogP contribution in [0.5, 0.6) is 5.75 Å². The minimum Gasteiger partial charge on any atom is -0.490 e. The largest absolute Gasteiger partial charge is 0.490 e. The quantitative estimate of drug-likeness (QED) is 0.449. The lowest BCUT2D eigenvalue weighted by molar-refractivity contribution is -0.384. The van der Waals surface area contributed by atoms with Gasteiger partial charge in [-0.1, -0.05) is 24.8 Å². The molecule has 8 heteroatoms. The summed E-state index contributed by atoms with van der Waals surface area (Å²) < 4.78 is 32.1. The monoisotopic (exact) mass is 348 g/mol. The van der Waals surface area contributed by atoms with E-state index in [4.69, 9.17) is 4.74 Å². The molecule has 0 aromatic heterocycles. The van der Waals surface area contributed by atoms with Crippen molar-refractivity contribution < 1.29 is 18.1 Å². The first-order valence-corrected chi connectivity index (χ1v) is 8.62. The molecule has 0 fully saturated rings. The second-order valence-electron chi connectivity index (χ2n) is 4.91. The van der Waals surface area contributed by atoms with E-state index in [1.165, 1.54) is 24.3 Å². The summed E-state index contributed by atoms with van der Waals surface area (Å²) >= 11 is 0. The smallest absolute Gasteiger partial charge is 0.269 e. The van der Waals surface area contributed by atoms with E-state index in [1.807, 2.05) is 0 Å². The zero-order chi connectivity index (χ0) is 17.6. The molecule has 7 nitrogen and oxygen atoms in total. The Morgan fingerprint density at radius 1 is 1.21 bits per heavy atom. The van der Waals surface area contributed by atoms with Gasteiger partial charge in [-0.05, 0) is 29.8 Å². The Balaban J connectivity index is 2.06. The van der Waals surface area contributed by atoms with Crippen LogP contribution in [0.4, 0.5) is 11.4 Å². The molecule has 0 saturated carbocycles. The van der Waals surface area contributed by atoms with Gasteiger partial charge in [0.15, 0.2) is 0 Å². The summed E-state index contributed by atoms with van der Waals surface area (Å²) in [5.41, 5.74) is 0.570. The molecular formula is C16H16N2O5S. The van der Waals surface area contributed by atoms with Gasteiger partial charge < -0.3 is 4.74 Å². The highest BCUT2D eigenvalue weighted by Crippen LogP contribution is 2.19. The fourth-order valence-electron chi connectivity index (χ4n) is 1.97. The number of ether oxygens (including phenoxy) is 1. The highest BCUT2D eigenvalue weighted by Gasteiger charge is 2.14. The maximum Gasteiger partial charge on any atom is 0.269 e. The standard InChI is InChI=1S/C16H16N2O5S/c1-2-10-23-16-8-6-14(7-9-16)17-24(21,22)12-13-4-3-5-15(11-13)18(19)20/h2-9,11,17H,1,10,12H2. The summed E-state index contributed by atoms with van der Waals surface area (Å²) in [5, 5.41) is 10.7. The van der Waals surface area contributed by atoms with Crippen molar-refractivity contribution in [2.24, 2.45) is 0 Å². The SMILES string of the molecule is C=CCOc1ccc(NS(=O)(=O)Cc2cccc([N+](=O)[O-])c2)cc1. The summed E-state index contributed by atoms with van der Waals surface area (Å²) in [4.78, 5) is 10.2. The highest BCUT2D eigenvalue weighted by molar-refractivity contribution is 7.91. The summed E-state index contributed by atoms with van der Waals surface area (Å²) in [6.45, 7) is 3.90. The van der Waals surface area contributed by atoms with E-state index in [0.29, 0.717) is 23.6 Å².